The van der Waals surface area contributed by atoms with Crippen LogP contribution in [-0.4, -0.2) is 51.8 Å². The summed E-state index contributed by atoms with van der Waals surface area (Å²) < 4.78 is -1.62. The predicted molar refractivity (Wildman–Crippen MR) is 111 cm³/mol. The number of hydrogen-bond donors (Lipinski definition) is 1. The molecule has 1 fully saturated rings. The quantitative estimate of drug-likeness (QED) is 0.736. The zero-order valence-corrected chi connectivity index (χ0v) is 17.1. The van der Waals surface area contributed by atoms with Crippen LogP contribution in [0.25, 0.3) is 0 Å². The van der Waals surface area contributed by atoms with Crippen molar-refractivity contribution in [3.63, 3.8) is 0 Å². The Bertz CT molecular complexity index is 729. The van der Waals surface area contributed by atoms with Crippen LogP contribution < -0.4 is 5.32 Å². The van der Waals surface area contributed by atoms with E-state index in [-0.39, 0.29) is 5.91 Å². The fourth-order valence-electron chi connectivity index (χ4n) is 3.20. The lowest BCUT2D eigenvalue weighted by Crippen LogP contribution is -2.60. The molecule has 2 aromatic carbocycles. The van der Waals surface area contributed by atoms with Crippen molar-refractivity contribution in [2.24, 2.45) is 0 Å². The molecule has 2 aromatic rings. The molecule has 1 aliphatic rings. The maximum Gasteiger partial charge on any atom is 0.252 e. The maximum atomic E-state index is 12.5. The van der Waals surface area contributed by atoms with E-state index < -0.39 is 9.96 Å². The first kappa shape index (κ1) is 20.4. The summed E-state index contributed by atoms with van der Waals surface area (Å²) in [6.45, 7) is 3.99. The number of benzene rings is 2. The summed E-state index contributed by atoms with van der Waals surface area (Å²) >= 11 is 18.6. The van der Waals surface area contributed by atoms with Crippen LogP contribution in [0.5, 0.6) is 0 Å². The van der Waals surface area contributed by atoms with Crippen LogP contribution in [0.4, 0.5) is 0 Å². The van der Waals surface area contributed by atoms with Crippen LogP contribution in [0.15, 0.2) is 60.7 Å². The molecule has 0 aliphatic carbocycles. The SMILES string of the molecule is O=C(NC(N1CCN(Cc2ccccc2)CC1)C(Cl)(Cl)Cl)c1ccccc1. The lowest BCUT2D eigenvalue weighted by Gasteiger charge is -2.41. The molecule has 1 N–H and O–H groups in total. The minimum Gasteiger partial charge on any atom is -0.332 e. The van der Waals surface area contributed by atoms with Crippen molar-refractivity contribution in [2.75, 3.05) is 26.2 Å². The number of piperazine rings is 1. The van der Waals surface area contributed by atoms with E-state index in [1.165, 1.54) is 5.56 Å². The topological polar surface area (TPSA) is 35.6 Å². The zero-order valence-electron chi connectivity index (χ0n) is 14.8. The van der Waals surface area contributed by atoms with E-state index in [0.29, 0.717) is 18.7 Å². The molecular weight excluding hydrogens is 405 g/mol. The van der Waals surface area contributed by atoms with Gasteiger partial charge in [-0.3, -0.25) is 14.6 Å². The molecule has 0 saturated carbocycles. The number of carbonyl (C=O) groups is 1. The molecule has 1 heterocycles. The molecule has 1 saturated heterocycles. The number of halogens is 3. The van der Waals surface area contributed by atoms with Gasteiger partial charge in [0, 0.05) is 38.3 Å². The lowest BCUT2D eigenvalue weighted by atomic mass is 10.2. The Balaban J connectivity index is 1.61. The first-order valence-corrected chi connectivity index (χ1v) is 10.00. The molecule has 1 amide bonds. The van der Waals surface area contributed by atoms with Gasteiger partial charge in [-0.1, -0.05) is 83.3 Å². The maximum absolute atomic E-state index is 12.5. The average molecular weight is 427 g/mol. The molecule has 0 aromatic heterocycles. The van der Waals surface area contributed by atoms with Gasteiger partial charge < -0.3 is 5.32 Å². The summed E-state index contributed by atoms with van der Waals surface area (Å²) in [6.07, 6.45) is -0.686. The second kappa shape index (κ2) is 9.26. The molecule has 1 aliphatic heterocycles. The van der Waals surface area contributed by atoms with E-state index in [9.17, 15) is 4.79 Å². The van der Waals surface area contributed by atoms with Crippen molar-refractivity contribution in [3.8, 4) is 0 Å². The van der Waals surface area contributed by atoms with Crippen LogP contribution in [-0.2, 0) is 6.54 Å². The molecule has 144 valence electrons. The summed E-state index contributed by atoms with van der Waals surface area (Å²) in [5.74, 6) is -0.251. The highest BCUT2D eigenvalue weighted by Crippen LogP contribution is 2.33. The van der Waals surface area contributed by atoms with E-state index in [1.807, 2.05) is 41.3 Å². The number of amides is 1. The highest BCUT2D eigenvalue weighted by atomic mass is 35.6. The Morgan fingerprint density at radius 1 is 0.926 bits per heavy atom. The van der Waals surface area contributed by atoms with Crippen LogP contribution in [0, 0.1) is 0 Å². The van der Waals surface area contributed by atoms with Gasteiger partial charge in [0.1, 0.15) is 6.17 Å². The molecular formula is C20H22Cl3N3O. The van der Waals surface area contributed by atoms with Gasteiger partial charge in [0.05, 0.1) is 0 Å². The third-order valence-corrected chi connectivity index (χ3v) is 5.25. The van der Waals surface area contributed by atoms with E-state index >= 15 is 0 Å². The van der Waals surface area contributed by atoms with Crippen molar-refractivity contribution in [2.45, 2.75) is 16.5 Å². The van der Waals surface area contributed by atoms with Crippen LogP contribution >= 0.6 is 34.8 Å². The second-order valence-electron chi connectivity index (χ2n) is 6.58. The third-order valence-electron chi connectivity index (χ3n) is 4.63. The Morgan fingerprint density at radius 3 is 2.04 bits per heavy atom. The van der Waals surface area contributed by atoms with Gasteiger partial charge in [0.25, 0.3) is 5.91 Å². The van der Waals surface area contributed by atoms with Crippen molar-refractivity contribution in [1.29, 1.82) is 0 Å². The van der Waals surface area contributed by atoms with Crippen LogP contribution in [0.1, 0.15) is 15.9 Å². The van der Waals surface area contributed by atoms with Crippen molar-refractivity contribution < 1.29 is 4.79 Å². The van der Waals surface area contributed by atoms with Gasteiger partial charge >= 0.3 is 0 Å². The Labute approximate surface area is 175 Å². The minimum atomic E-state index is -1.62. The van der Waals surface area contributed by atoms with Crippen molar-refractivity contribution in [1.82, 2.24) is 15.1 Å². The second-order valence-corrected chi connectivity index (χ2v) is 8.95. The molecule has 27 heavy (non-hydrogen) atoms. The van der Waals surface area contributed by atoms with Gasteiger partial charge in [-0.15, -0.1) is 0 Å². The number of carbonyl (C=O) groups excluding carboxylic acids is 1. The van der Waals surface area contributed by atoms with Gasteiger partial charge in [0.15, 0.2) is 0 Å². The van der Waals surface area contributed by atoms with Crippen molar-refractivity contribution >= 4 is 40.7 Å². The van der Waals surface area contributed by atoms with Crippen LogP contribution in [0.3, 0.4) is 0 Å². The number of alkyl halides is 3. The van der Waals surface area contributed by atoms with E-state index in [4.69, 9.17) is 34.8 Å². The zero-order chi connectivity index (χ0) is 19.3. The predicted octanol–water partition coefficient (Wildman–Crippen LogP) is 3.93. The molecule has 0 bridgehead atoms. The summed E-state index contributed by atoms with van der Waals surface area (Å²) in [6, 6.07) is 19.3. The largest absolute Gasteiger partial charge is 0.332 e. The number of nitrogens with one attached hydrogen (secondary N) is 1. The molecule has 3 rings (SSSR count). The number of rotatable bonds is 5. The smallest absolute Gasteiger partial charge is 0.252 e. The normalized spacial score (nSPS) is 17.4. The lowest BCUT2D eigenvalue weighted by molar-refractivity contribution is 0.0658. The van der Waals surface area contributed by atoms with Gasteiger partial charge in [0.2, 0.25) is 3.79 Å². The van der Waals surface area contributed by atoms with Gasteiger partial charge in [-0.05, 0) is 17.7 Å². The molecule has 1 unspecified atom stereocenters. The summed E-state index contributed by atoms with van der Waals surface area (Å²) in [7, 11) is 0. The highest BCUT2D eigenvalue weighted by molar-refractivity contribution is 6.68. The average Bonchev–Trinajstić information content (AvgIpc) is 2.67. The standard InChI is InChI=1S/C20H22Cl3N3O/c21-20(22,23)19(24-18(27)17-9-5-2-6-10-17)26-13-11-25(12-14-26)15-16-7-3-1-4-8-16/h1-10,19H,11-15H2,(H,24,27). The minimum absolute atomic E-state index is 0.251. The molecule has 1 atom stereocenters. The number of hydrogen-bond acceptors (Lipinski definition) is 3. The molecule has 4 nitrogen and oxygen atoms in total. The molecule has 0 radical (unpaired) electrons. The summed E-state index contributed by atoms with van der Waals surface area (Å²) in [5, 5.41) is 2.88. The Morgan fingerprint density at radius 2 is 1.48 bits per heavy atom. The first-order chi connectivity index (χ1) is 12.9. The Hall–Kier alpha value is -1.30. The van der Waals surface area contributed by atoms with Crippen molar-refractivity contribution in [3.05, 3.63) is 71.8 Å². The highest BCUT2D eigenvalue weighted by Gasteiger charge is 2.39. The fourth-order valence-corrected chi connectivity index (χ4v) is 3.78. The molecule has 0 spiro atoms. The van der Waals surface area contributed by atoms with Crippen LogP contribution in [0.2, 0.25) is 0 Å². The van der Waals surface area contributed by atoms with E-state index in [1.54, 1.807) is 12.1 Å². The van der Waals surface area contributed by atoms with Gasteiger partial charge in [-0.25, -0.2) is 0 Å². The van der Waals surface area contributed by atoms with Gasteiger partial charge in [-0.2, -0.15) is 0 Å². The molecule has 7 heteroatoms. The third kappa shape index (κ3) is 5.84. The number of nitrogens with zero attached hydrogens (tertiary/aromatic N) is 2. The first-order valence-electron chi connectivity index (χ1n) is 8.86. The summed E-state index contributed by atoms with van der Waals surface area (Å²) in [5.41, 5.74) is 1.82. The Kier molecular flexibility index (Phi) is 7.01. The van der Waals surface area contributed by atoms with E-state index in [2.05, 4.69) is 22.3 Å². The monoisotopic (exact) mass is 425 g/mol. The van der Waals surface area contributed by atoms with E-state index in [0.717, 1.165) is 19.6 Å². The fraction of sp³-hybridized carbons (Fsp3) is 0.350. The summed E-state index contributed by atoms with van der Waals surface area (Å²) in [4.78, 5) is 16.9.